The van der Waals surface area contributed by atoms with Crippen molar-refractivity contribution in [1.29, 1.82) is 0 Å². The van der Waals surface area contributed by atoms with E-state index in [2.05, 4.69) is 22.9 Å². The summed E-state index contributed by atoms with van der Waals surface area (Å²) in [6.45, 7) is 7.10. The minimum atomic E-state index is 0.676. The van der Waals surface area contributed by atoms with E-state index in [1.165, 1.54) is 38.9 Å². The van der Waals surface area contributed by atoms with E-state index in [1.54, 1.807) is 4.90 Å². The molecule has 0 radical (unpaired) electrons. The summed E-state index contributed by atoms with van der Waals surface area (Å²) >= 11 is 9.52. The standard InChI is InChI=1S/C16H23BrClNO/c1-13-5-4-9-19(12-13)8-2-3-10-20-16-7-6-14(17)11-15(16)18/h6-7,11,13H,2-5,8-10,12H2,1H3/p+1/t13-/m0/s1. The first-order valence-corrected chi connectivity index (χ1v) is 8.73. The van der Waals surface area contributed by atoms with E-state index < -0.39 is 0 Å². The first-order chi connectivity index (χ1) is 9.65. The van der Waals surface area contributed by atoms with Crippen LogP contribution in [0, 0.1) is 5.92 Å². The first-order valence-electron chi connectivity index (χ1n) is 7.56. The molecule has 0 bridgehead atoms. The fourth-order valence-electron chi connectivity index (χ4n) is 2.88. The highest BCUT2D eigenvalue weighted by Gasteiger charge is 2.18. The van der Waals surface area contributed by atoms with Gasteiger partial charge in [0.05, 0.1) is 31.3 Å². The Kier molecular flexibility index (Phi) is 6.66. The Hall–Kier alpha value is -0.250. The molecule has 2 rings (SSSR count). The minimum absolute atomic E-state index is 0.676. The average molecular weight is 362 g/mol. The quantitative estimate of drug-likeness (QED) is 0.765. The van der Waals surface area contributed by atoms with Crippen molar-refractivity contribution in [3.05, 3.63) is 27.7 Å². The number of likely N-dealkylation sites (tertiary alicyclic amines) is 1. The van der Waals surface area contributed by atoms with Crippen molar-refractivity contribution in [3.8, 4) is 5.75 Å². The molecule has 1 saturated heterocycles. The van der Waals surface area contributed by atoms with E-state index >= 15 is 0 Å². The van der Waals surface area contributed by atoms with E-state index in [0.29, 0.717) is 5.02 Å². The molecule has 1 N–H and O–H groups in total. The Labute approximate surface area is 135 Å². The van der Waals surface area contributed by atoms with E-state index in [4.69, 9.17) is 16.3 Å². The van der Waals surface area contributed by atoms with Gasteiger partial charge >= 0.3 is 0 Å². The molecule has 0 aliphatic carbocycles. The van der Waals surface area contributed by atoms with Gasteiger partial charge in [-0.1, -0.05) is 34.5 Å². The van der Waals surface area contributed by atoms with Crippen LogP contribution in [0.15, 0.2) is 22.7 Å². The highest BCUT2D eigenvalue weighted by Crippen LogP contribution is 2.27. The number of piperidine rings is 1. The highest BCUT2D eigenvalue weighted by molar-refractivity contribution is 9.10. The molecule has 1 aromatic rings. The van der Waals surface area contributed by atoms with Crippen molar-refractivity contribution >= 4 is 27.5 Å². The van der Waals surface area contributed by atoms with Crippen LogP contribution in [0.2, 0.25) is 5.02 Å². The second-order valence-electron chi connectivity index (χ2n) is 5.83. The number of ether oxygens (including phenoxy) is 1. The van der Waals surface area contributed by atoms with Gasteiger partial charge in [-0.2, -0.15) is 0 Å². The van der Waals surface area contributed by atoms with E-state index in [-0.39, 0.29) is 0 Å². The molecule has 4 heteroatoms. The Morgan fingerprint density at radius 1 is 1.40 bits per heavy atom. The summed E-state index contributed by atoms with van der Waals surface area (Å²) in [5, 5.41) is 0.676. The maximum absolute atomic E-state index is 6.12. The van der Waals surface area contributed by atoms with Gasteiger partial charge < -0.3 is 9.64 Å². The summed E-state index contributed by atoms with van der Waals surface area (Å²) in [7, 11) is 0. The molecule has 1 fully saturated rings. The third-order valence-electron chi connectivity index (χ3n) is 3.94. The van der Waals surface area contributed by atoms with E-state index in [1.807, 2.05) is 18.2 Å². The summed E-state index contributed by atoms with van der Waals surface area (Å²) in [6.07, 6.45) is 5.14. The van der Waals surface area contributed by atoms with Gasteiger partial charge in [0.15, 0.2) is 0 Å². The Bertz CT molecular complexity index is 427. The maximum atomic E-state index is 6.12. The van der Waals surface area contributed by atoms with Gasteiger partial charge in [-0.15, -0.1) is 0 Å². The maximum Gasteiger partial charge on any atom is 0.137 e. The molecular formula is C16H24BrClNO+. The molecule has 0 amide bonds. The van der Waals surface area contributed by atoms with E-state index in [9.17, 15) is 0 Å². The fourth-order valence-corrected chi connectivity index (χ4v) is 3.60. The molecule has 1 unspecified atom stereocenters. The van der Waals surface area contributed by atoms with Crippen molar-refractivity contribution in [1.82, 2.24) is 0 Å². The van der Waals surface area contributed by atoms with Crippen molar-refractivity contribution < 1.29 is 9.64 Å². The summed E-state index contributed by atoms with van der Waals surface area (Å²) in [6, 6.07) is 5.75. The SMILES string of the molecule is C[C@H]1CCC[NH+](CCCCOc2ccc(Br)cc2Cl)C1. The first kappa shape index (κ1) is 16.1. The van der Waals surface area contributed by atoms with Gasteiger partial charge in [-0.25, -0.2) is 0 Å². The molecule has 1 aliphatic rings. The predicted octanol–water partition coefficient (Wildman–Crippen LogP) is 3.58. The smallest absolute Gasteiger partial charge is 0.137 e. The van der Waals surface area contributed by atoms with Crippen LogP contribution >= 0.6 is 27.5 Å². The number of hydrogen-bond donors (Lipinski definition) is 1. The van der Waals surface area contributed by atoms with Gasteiger partial charge in [0.25, 0.3) is 0 Å². The predicted molar refractivity (Wildman–Crippen MR) is 87.8 cm³/mol. The van der Waals surface area contributed by atoms with Crippen LogP contribution in [0.3, 0.4) is 0 Å². The van der Waals surface area contributed by atoms with Crippen molar-refractivity contribution in [2.24, 2.45) is 5.92 Å². The largest absolute Gasteiger partial charge is 0.492 e. The number of hydrogen-bond acceptors (Lipinski definition) is 1. The number of quaternary nitrogens is 1. The summed E-state index contributed by atoms with van der Waals surface area (Å²) in [5.74, 6) is 1.69. The molecule has 2 atom stereocenters. The second kappa shape index (κ2) is 8.26. The zero-order chi connectivity index (χ0) is 14.4. The highest BCUT2D eigenvalue weighted by atomic mass is 79.9. The monoisotopic (exact) mass is 360 g/mol. The molecule has 20 heavy (non-hydrogen) atoms. The number of unbranched alkanes of at least 4 members (excludes halogenated alkanes) is 1. The number of benzene rings is 1. The Balaban J connectivity index is 1.61. The lowest BCUT2D eigenvalue weighted by molar-refractivity contribution is -0.908. The van der Waals surface area contributed by atoms with Crippen LogP contribution in [0.25, 0.3) is 0 Å². The summed E-state index contributed by atoms with van der Waals surface area (Å²) < 4.78 is 6.72. The zero-order valence-electron chi connectivity index (χ0n) is 12.1. The van der Waals surface area contributed by atoms with Gasteiger partial charge in [0.2, 0.25) is 0 Å². The number of nitrogens with one attached hydrogen (secondary N) is 1. The third kappa shape index (κ3) is 5.27. The fraction of sp³-hybridized carbons (Fsp3) is 0.625. The van der Waals surface area contributed by atoms with Crippen LogP contribution in [0.4, 0.5) is 0 Å². The molecule has 1 heterocycles. The number of rotatable bonds is 6. The van der Waals surface area contributed by atoms with Crippen LogP contribution in [0.1, 0.15) is 32.6 Å². The molecule has 0 saturated carbocycles. The van der Waals surface area contributed by atoms with Gasteiger partial charge in [-0.3, -0.25) is 0 Å². The summed E-state index contributed by atoms with van der Waals surface area (Å²) in [5.41, 5.74) is 0. The molecule has 2 nitrogen and oxygen atoms in total. The van der Waals surface area contributed by atoms with Crippen LogP contribution < -0.4 is 9.64 Å². The van der Waals surface area contributed by atoms with Crippen LogP contribution in [0.5, 0.6) is 5.75 Å². The van der Waals surface area contributed by atoms with Crippen LogP contribution in [-0.2, 0) is 0 Å². The lowest BCUT2D eigenvalue weighted by Gasteiger charge is -2.27. The Morgan fingerprint density at radius 2 is 2.25 bits per heavy atom. The lowest BCUT2D eigenvalue weighted by Crippen LogP contribution is -3.13. The molecule has 0 aromatic heterocycles. The Morgan fingerprint density at radius 3 is 3.00 bits per heavy atom. The van der Waals surface area contributed by atoms with Crippen molar-refractivity contribution in [3.63, 3.8) is 0 Å². The van der Waals surface area contributed by atoms with Gasteiger partial charge in [0.1, 0.15) is 5.75 Å². The summed E-state index contributed by atoms with van der Waals surface area (Å²) in [4.78, 5) is 1.77. The third-order valence-corrected chi connectivity index (χ3v) is 4.73. The molecule has 1 aliphatic heterocycles. The number of halogens is 2. The average Bonchev–Trinajstić information content (AvgIpc) is 2.41. The topological polar surface area (TPSA) is 13.7 Å². The van der Waals surface area contributed by atoms with Crippen LogP contribution in [-0.4, -0.2) is 26.2 Å². The van der Waals surface area contributed by atoms with E-state index in [0.717, 1.165) is 29.2 Å². The van der Waals surface area contributed by atoms with Crippen molar-refractivity contribution in [2.45, 2.75) is 32.6 Å². The van der Waals surface area contributed by atoms with Gasteiger partial charge in [0, 0.05) is 10.4 Å². The lowest BCUT2D eigenvalue weighted by atomic mass is 10.0. The second-order valence-corrected chi connectivity index (χ2v) is 7.15. The molecular weight excluding hydrogens is 338 g/mol. The molecule has 0 spiro atoms. The minimum Gasteiger partial charge on any atom is -0.492 e. The molecule has 1 aromatic carbocycles. The normalized spacial score (nSPS) is 22.8. The van der Waals surface area contributed by atoms with Crippen molar-refractivity contribution in [2.75, 3.05) is 26.2 Å². The van der Waals surface area contributed by atoms with Gasteiger partial charge in [-0.05, 0) is 43.9 Å². The molecule has 112 valence electrons. The zero-order valence-corrected chi connectivity index (χ0v) is 14.5.